The molecule has 2 amide bonds. The summed E-state index contributed by atoms with van der Waals surface area (Å²) in [5.74, 6) is 1.87. The Labute approximate surface area is 177 Å². The highest BCUT2D eigenvalue weighted by molar-refractivity contribution is 5.93. The van der Waals surface area contributed by atoms with E-state index in [0.717, 1.165) is 50.1 Å². The summed E-state index contributed by atoms with van der Waals surface area (Å²) in [4.78, 5) is 29.7. The first-order valence-electron chi connectivity index (χ1n) is 10.7. The average Bonchev–Trinajstić information content (AvgIpc) is 3.29. The predicted molar refractivity (Wildman–Crippen MR) is 112 cm³/mol. The Balaban J connectivity index is 1.40. The summed E-state index contributed by atoms with van der Waals surface area (Å²) in [5, 5.41) is 3.99. The highest BCUT2D eigenvalue weighted by Gasteiger charge is 2.33. The lowest BCUT2D eigenvalue weighted by Crippen LogP contribution is -2.48. The van der Waals surface area contributed by atoms with Crippen LogP contribution < -0.4 is 4.74 Å². The molecule has 1 atom stereocenters. The van der Waals surface area contributed by atoms with Crippen molar-refractivity contribution in [1.29, 1.82) is 0 Å². The molecule has 1 aromatic carbocycles. The van der Waals surface area contributed by atoms with E-state index in [2.05, 4.69) is 12.1 Å². The zero-order chi connectivity index (χ0) is 21.1. The molecule has 2 saturated heterocycles. The number of amides is 2. The number of benzene rings is 1. The Hall–Kier alpha value is -2.83. The van der Waals surface area contributed by atoms with E-state index < -0.39 is 0 Å². The van der Waals surface area contributed by atoms with Gasteiger partial charge in [-0.1, -0.05) is 12.1 Å². The molecule has 0 radical (unpaired) electrons. The molecule has 0 spiro atoms. The molecule has 3 heterocycles. The Bertz CT molecular complexity index is 884. The van der Waals surface area contributed by atoms with E-state index in [0.29, 0.717) is 24.8 Å². The molecule has 2 fully saturated rings. The third kappa shape index (κ3) is 4.35. The molecule has 0 N–H and O–H groups in total. The maximum atomic E-state index is 13.0. The summed E-state index contributed by atoms with van der Waals surface area (Å²) in [5.41, 5.74) is 1.11. The highest BCUT2D eigenvalue weighted by atomic mass is 16.5. The number of likely N-dealkylation sites (tertiary alicyclic amines) is 2. The van der Waals surface area contributed by atoms with Crippen molar-refractivity contribution in [2.24, 2.45) is 11.8 Å². The SMILES string of the molecule is COc1ccc(-c2cc(C(=O)N3CCCC(C(=O)N4CCC(C)CC4)C3)no2)cc1. The molecule has 2 aliphatic rings. The lowest BCUT2D eigenvalue weighted by Gasteiger charge is -2.37. The Kier molecular flexibility index (Phi) is 6.06. The van der Waals surface area contributed by atoms with Crippen LogP contribution >= 0.6 is 0 Å². The summed E-state index contributed by atoms with van der Waals surface area (Å²) in [7, 11) is 1.61. The number of ether oxygens (including phenoxy) is 1. The second-order valence-corrected chi connectivity index (χ2v) is 8.40. The van der Waals surface area contributed by atoms with Crippen LogP contribution in [-0.2, 0) is 4.79 Å². The summed E-state index contributed by atoms with van der Waals surface area (Å²) in [6.07, 6.45) is 3.79. The van der Waals surface area contributed by atoms with Crippen LogP contribution in [0.5, 0.6) is 5.75 Å². The van der Waals surface area contributed by atoms with Crippen molar-refractivity contribution in [2.45, 2.75) is 32.6 Å². The van der Waals surface area contributed by atoms with Gasteiger partial charge in [-0.15, -0.1) is 0 Å². The second-order valence-electron chi connectivity index (χ2n) is 8.40. The van der Waals surface area contributed by atoms with Crippen molar-refractivity contribution in [1.82, 2.24) is 15.0 Å². The summed E-state index contributed by atoms with van der Waals surface area (Å²) in [6.45, 7) is 5.00. The van der Waals surface area contributed by atoms with E-state index >= 15 is 0 Å². The molecule has 1 aromatic heterocycles. The van der Waals surface area contributed by atoms with Crippen molar-refractivity contribution in [2.75, 3.05) is 33.3 Å². The van der Waals surface area contributed by atoms with Gasteiger partial charge in [0.15, 0.2) is 11.5 Å². The van der Waals surface area contributed by atoms with Gasteiger partial charge in [-0.2, -0.15) is 0 Å². The molecular formula is C23H29N3O4. The third-order valence-electron chi connectivity index (χ3n) is 6.26. The van der Waals surface area contributed by atoms with Gasteiger partial charge in [-0.25, -0.2) is 0 Å². The van der Waals surface area contributed by atoms with Crippen LogP contribution in [0.3, 0.4) is 0 Å². The van der Waals surface area contributed by atoms with Crippen LogP contribution in [0.1, 0.15) is 43.1 Å². The van der Waals surface area contributed by atoms with Gasteiger partial charge in [0.2, 0.25) is 5.91 Å². The van der Waals surface area contributed by atoms with Crippen LogP contribution in [0.15, 0.2) is 34.9 Å². The quantitative estimate of drug-likeness (QED) is 0.770. The van der Waals surface area contributed by atoms with Crippen molar-refractivity contribution < 1.29 is 18.8 Å². The largest absolute Gasteiger partial charge is 0.497 e. The fraction of sp³-hybridized carbons (Fsp3) is 0.522. The van der Waals surface area contributed by atoms with Gasteiger partial charge in [0.25, 0.3) is 5.91 Å². The number of aromatic nitrogens is 1. The molecule has 2 aromatic rings. The van der Waals surface area contributed by atoms with Gasteiger partial charge in [0.05, 0.1) is 13.0 Å². The smallest absolute Gasteiger partial charge is 0.276 e. The molecular weight excluding hydrogens is 382 g/mol. The second kappa shape index (κ2) is 8.90. The van der Waals surface area contributed by atoms with Crippen LogP contribution in [0.25, 0.3) is 11.3 Å². The number of piperidine rings is 2. The van der Waals surface area contributed by atoms with E-state index in [-0.39, 0.29) is 23.4 Å². The maximum Gasteiger partial charge on any atom is 0.276 e. The highest BCUT2D eigenvalue weighted by Crippen LogP contribution is 2.26. The predicted octanol–water partition coefficient (Wildman–Crippen LogP) is 3.46. The number of rotatable bonds is 4. The van der Waals surface area contributed by atoms with Crippen molar-refractivity contribution >= 4 is 11.8 Å². The van der Waals surface area contributed by atoms with E-state index in [4.69, 9.17) is 9.26 Å². The minimum Gasteiger partial charge on any atom is -0.497 e. The zero-order valence-electron chi connectivity index (χ0n) is 17.7. The van der Waals surface area contributed by atoms with Gasteiger partial charge in [0.1, 0.15) is 5.75 Å². The fourth-order valence-electron chi connectivity index (χ4n) is 4.28. The lowest BCUT2D eigenvalue weighted by molar-refractivity contribution is -0.138. The molecule has 1 unspecified atom stereocenters. The number of nitrogens with zero attached hydrogens (tertiary/aromatic N) is 3. The molecule has 7 nitrogen and oxygen atoms in total. The van der Waals surface area contributed by atoms with Crippen LogP contribution in [-0.4, -0.2) is 60.1 Å². The van der Waals surface area contributed by atoms with Gasteiger partial charge < -0.3 is 19.1 Å². The van der Waals surface area contributed by atoms with E-state index in [9.17, 15) is 9.59 Å². The standard InChI is InChI=1S/C23H29N3O4/c1-16-9-12-25(13-10-16)22(27)18-4-3-11-26(15-18)23(28)20-14-21(30-24-20)17-5-7-19(29-2)8-6-17/h5-8,14,16,18H,3-4,9-13,15H2,1-2H3. The molecule has 7 heteroatoms. The summed E-state index contributed by atoms with van der Waals surface area (Å²) >= 11 is 0. The van der Waals surface area contributed by atoms with E-state index in [1.807, 2.05) is 29.2 Å². The molecule has 0 saturated carbocycles. The molecule has 0 bridgehead atoms. The van der Waals surface area contributed by atoms with Crippen molar-refractivity contribution in [3.8, 4) is 17.1 Å². The summed E-state index contributed by atoms with van der Waals surface area (Å²) < 4.78 is 10.6. The molecule has 4 rings (SSSR count). The van der Waals surface area contributed by atoms with E-state index in [1.165, 1.54) is 0 Å². The first-order chi connectivity index (χ1) is 14.5. The van der Waals surface area contributed by atoms with Gasteiger partial charge in [0, 0.05) is 37.8 Å². The minimum absolute atomic E-state index is 0.121. The molecule has 2 aliphatic heterocycles. The lowest BCUT2D eigenvalue weighted by atomic mass is 9.93. The van der Waals surface area contributed by atoms with Gasteiger partial charge >= 0.3 is 0 Å². The zero-order valence-corrected chi connectivity index (χ0v) is 17.7. The number of hydrogen-bond acceptors (Lipinski definition) is 5. The fourth-order valence-corrected chi connectivity index (χ4v) is 4.28. The molecule has 0 aliphatic carbocycles. The van der Waals surface area contributed by atoms with E-state index in [1.54, 1.807) is 18.1 Å². The normalized spacial score (nSPS) is 20.3. The minimum atomic E-state index is -0.178. The average molecular weight is 412 g/mol. The molecule has 30 heavy (non-hydrogen) atoms. The monoisotopic (exact) mass is 411 g/mol. The van der Waals surface area contributed by atoms with Crippen LogP contribution in [0.2, 0.25) is 0 Å². The van der Waals surface area contributed by atoms with Crippen LogP contribution in [0, 0.1) is 11.8 Å². The first-order valence-corrected chi connectivity index (χ1v) is 10.7. The third-order valence-corrected chi connectivity index (χ3v) is 6.26. The van der Waals surface area contributed by atoms with Crippen molar-refractivity contribution in [3.63, 3.8) is 0 Å². The first kappa shape index (κ1) is 20.4. The number of methoxy groups -OCH3 is 1. The Morgan fingerprint density at radius 1 is 1.07 bits per heavy atom. The molecule has 160 valence electrons. The topological polar surface area (TPSA) is 75.9 Å². The Morgan fingerprint density at radius 3 is 2.50 bits per heavy atom. The van der Waals surface area contributed by atoms with Crippen molar-refractivity contribution in [3.05, 3.63) is 36.0 Å². The van der Waals surface area contributed by atoms with Crippen LogP contribution in [0.4, 0.5) is 0 Å². The maximum absolute atomic E-state index is 13.0. The van der Waals surface area contributed by atoms with Gasteiger partial charge in [-0.05, 0) is 55.9 Å². The number of hydrogen-bond donors (Lipinski definition) is 0. The van der Waals surface area contributed by atoms with Gasteiger partial charge in [-0.3, -0.25) is 9.59 Å². The Morgan fingerprint density at radius 2 is 1.80 bits per heavy atom. The summed E-state index contributed by atoms with van der Waals surface area (Å²) in [6, 6.07) is 9.07. The number of carbonyl (C=O) groups excluding carboxylic acids is 2. The number of carbonyl (C=O) groups is 2.